The van der Waals surface area contributed by atoms with E-state index in [0.717, 1.165) is 0 Å². The van der Waals surface area contributed by atoms with Crippen LogP contribution in [0.25, 0.3) is 0 Å². The van der Waals surface area contributed by atoms with Crippen molar-refractivity contribution in [1.29, 1.82) is 0 Å². The molecule has 0 aromatic rings. The Kier molecular flexibility index (Phi) is 4.31. The van der Waals surface area contributed by atoms with Gasteiger partial charge in [0.25, 0.3) is 5.92 Å². The predicted molar refractivity (Wildman–Crippen MR) is 40.7 cm³/mol. The standard InChI is InChI=1S/C7H11F4NO2/c1-2-6(8,9)3-12-4-7(10,11)5(13)14/h12H,2-4H2,1H3,(H,13,14). The van der Waals surface area contributed by atoms with Crippen molar-refractivity contribution in [2.24, 2.45) is 0 Å². The van der Waals surface area contributed by atoms with E-state index in [9.17, 15) is 22.4 Å². The lowest BCUT2D eigenvalue weighted by Gasteiger charge is -2.17. The van der Waals surface area contributed by atoms with Crippen molar-refractivity contribution in [1.82, 2.24) is 5.32 Å². The summed E-state index contributed by atoms with van der Waals surface area (Å²) < 4.78 is 49.6. The number of aliphatic carboxylic acids is 1. The van der Waals surface area contributed by atoms with E-state index >= 15 is 0 Å². The Hall–Kier alpha value is -0.850. The van der Waals surface area contributed by atoms with Gasteiger partial charge in [0.2, 0.25) is 0 Å². The first-order valence-electron chi connectivity index (χ1n) is 3.91. The summed E-state index contributed by atoms with van der Waals surface area (Å²) in [5.74, 6) is -9.43. The quantitative estimate of drug-likeness (QED) is 0.660. The summed E-state index contributed by atoms with van der Waals surface area (Å²) in [6.45, 7) is -1.04. The molecule has 0 aliphatic rings. The van der Waals surface area contributed by atoms with Crippen molar-refractivity contribution in [2.45, 2.75) is 25.2 Å². The van der Waals surface area contributed by atoms with Gasteiger partial charge in [0.15, 0.2) is 0 Å². The number of hydrogen-bond acceptors (Lipinski definition) is 2. The van der Waals surface area contributed by atoms with Crippen LogP contribution in [0.4, 0.5) is 17.6 Å². The molecule has 0 aromatic carbocycles. The molecule has 2 N–H and O–H groups in total. The van der Waals surface area contributed by atoms with Gasteiger partial charge in [-0.2, -0.15) is 8.78 Å². The van der Waals surface area contributed by atoms with Gasteiger partial charge in [-0.1, -0.05) is 6.92 Å². The van der Waals surface area contributed by atoms with E-state index < -0.39 is 37.3 Å². The molecule has 0 aliphatic carbocycles. The minimum atomic E-state index is -4.01. The highest BCUT2D eigenvalue weighted by Crippen LogP contribution is 2.17. The fraction of sp³-hybridized carbons (Fsp3) is 0.857. The molecule has 0 bridgehead atoms. The van der Waals surface area contributed by atoms with Gasteiger partial charge in [-0.15, -0.1) is 0 Å². The van der Waals surface area contributed by atoms with E-state index in [1.807, 2.05) is 0 Å². The minimum Gasteiger partial charge on any atom is -0.477 e. The molecule has 0 radical (unpaired) electrons. The van der Waals surface area contributed by atoms with Crippen LogP contribution in [0, 0.1) is 0 Å². The summed E-state index contributed by atoms with van der Waals surface area (Å²) in [6, 6.07) is 0. The minimum absolute atomic E-state index is 0.487. The van der Waals surface area contributed by atoms with Gasteiger partial charge >= 0.3 is 11.9 Å². The van der Waals surface area contributed by atoms with Crippen LogP contribution in [0.5, 0.6) is 0 Å². The average Bonchev–Trinajstić information content (AvgIpc) is 2.03. The van der Waals surface area contributed by atoms with Crippen LogP contribution in [-0.2, 0) is 4.79 Å². The Balaban J connectivity index is 3.91. The summed E-state index contributed by atoms with van der Waals surface area (Å²) in [7, 11) is 0. The van der Waals surface area contributed by atoms with E-state index in [-0.39, 0.29) is 0 Å². The molecule has 0 aliphatic heterocycles. The molecule has 0 aromatic heterocycles. The number of alkyl halides is 4. The normalized spacial score (nSPS) is 12.9. The van der Waals surface area contributed by atoms with Gasteiger partial charge in [-0.3, -0.25) is 0 Å². The van der Waals surface area contributed by atoms with Crippen LogP contribution in [0.15, 0.2) is 0 Å². The van der Waals surface area contributed by atoms with E-state index in [1.165, 1.54) is 6.92 Å². The van der Waals surface area contributed by atoms with Crippen LogP contribution in [0.1, 0.15) is 13.3 Å². The predicted octanol–water partition coefficient (Wildman–Crippen LogP) is 1.34. The summed E-state index contributed by atoms with van der Waals surface area (Å²) in [5, 5.41) is 9.67. The molecule has 14 heavy (non-hydrogen) atoms. The Morgan fingerprint density at radius 2 is 1.79 bits per heavy atom. The van der Waals surface area contributed by atoms with Crippen LogP contribution >= 0.6 is 0 Å². The first kappa shape index (κ1) is 13.2. The maximum absolute atomic E-state index is 12.5. The fourth-order valence-corrected chi connectivity index (χ4v) is 0.603. The topological polar surface area (TPSA) is 49.3 Å². The van der Waals surface area contributed by atoms with Crippen LogP contribution in [0.2, 0.25) is 0 Å². The molecular formula is C7H11F4NO2. The molecule has 0 amide bonds. The molecule has 0 rings (SSSR count). The lowest BCUT2D eigenvalue weighted by atomic mass is 10.2. The van der Waals surface area contributed by atoms with Crippen molar-refractivity contribution >= 4 is 5.97 Å². The molecule has 0 saturated heterocycles. The highest BCUT2D eigenvalue weighted by molar-refractivity contribution is 5.75. The van der Waals surface area contributed by atoms with Crippen molar-refractivity contribution in [2.75, 3.05) is 13.1 Å². The van der Waals surface area contributed by atoms with E-state index in [1.54, 1.807) is 5.32 Å². The molecule has 84 valence electrons. The van der Waals surface area contributed by atoms with Crippen molar-refractivity contribution in [3.8, 4) is 0 Å². The summed E-state index contributed by atoms with van der Waals surface area (Å²) >= 11 is 0. The number of carbonyl (C=O) groups is 1. The molecule has 0 atom stereocenters. The zero-order valence-electron chi connectivity index (χ0n) is 7.49. The number of rotatable bonds is 6. The number of carboxylic acids is 1. The lowest BCUT2D eigenvalue weighted by molar-refractivity contribution is -0.164. The zero-order chi connectivity index (χ0) is 11.4. The first-order valence-corrected chi connectivity index (χ1v) is 3.91. The second-order valence-electron chi connectivity index (χ2n) is 2.82. The summed E-state index contributed by atoms with van der Waals surface area (Å²) in [6.07, 6.45) is -0.487. The Morgan fingerprint density at radius 3 is 2.14 bits per heavy atom. The van der Waals surface area contributed by atoms with Crippen LogP contribution in [-0.4, -0.2) is 36.0 Å². The fourth-order valence-electron chi connectivity index (χ4n) is 0.603. The van der Waals surface area contributed by atoms with E-state index in [0.29, 0.717) is 0 Å². The zero-order valence-corrected chi connectivity index (χ0v) is 7.49. The van der Waals surface area contributed by atoms with Crippen molar-refractivity contribution in [3.05, 3.63) is 0 Å². The van der Waals surface area contributed by atoms with Gasteiger partial charge in [0.1, 0.15) is 0 Å². The second kappa shape index (κ2) is 4.59. The molecule has 7 heteroatoms. The van der Waals surface area contributed by atoms with Gasteiger partial charge in [0, 0.05) is 6.42 Å². The Morgan fingerprint density at radius 1 is 1.29 bits per heavy atom. The summed E-state index contributed by atoms with van der Waals surface area (Å²) in [4.78, 5) is 9.87. The maximum Gasteiger partial charge on any atom is 0.375 e. The molecule has 0 spiro atoms. The molecule has 0 saturated carbocycles. The van der Waals surface area contributed by atoms with Crippen LogP contribution < -0.4 is 5.32 Å². The second-order valence-corrected chi connectivity index (χ2v) is 2.82. The highest BCUT2D eigenvalue weighted by atomic mass is 19.3. The van der Waals surface area contributed by atoms with Gasteiger partial charge in [-0.25, -0.2) is 13.6 Å². The molecule has 0 unspecified atom stereocenters. The monoisotopic (exact) mass is 217 g/mol. The SMILES string of the molecule is CCC(F)(F)CNCC(F)(F)C(=O)O. The third-order valence-corrected chi connectivity index (χ3v) is 1.56. The summed E-state index contributed by atoms with van der Waals surface area (Å²) in [5.41, 5.74) is 0. The molecule has 0 heterocycles. The molecular weight excluding hydrogens is 206 g/mol. The van der Waals surface area contributed by atoms with E-state index in [4.69, 9.17) is 5.11 Å². The van der Waals surface area contributed by atoms with Gasteiger partial charge in [0.05, 0.1) is 13.1 Å². The van der Waals surface area contributed by atoms with Gasteiger partial charge in [-0.05, 0) is 0 Å². The number of carboxylic acid groups (broad SMARTS) is 1. The average molecular weight is 217 g/mol. The maximum atomic E-state index is 12.5. The first-order chi connectivity index (χ1) is 6.21. The number of halogens is 4. The lowest BCUT2D eigenvalue weighted by Crippen LogP contribution is -2.43. The van der Waals surface area contributed by atoms with Gasteiger partial charge < -0.3 is 10.4 Å². The van der Waals surface area contributed by atoms with Crippen molar-refractivity contribution in [3.63, 3.8) is 0 Å². The molecule has 0 fully saturated rings. The highest BCUT2D eigenvalue weighted by Gasteiger charge is 2.39. The number of hydrogen-bond donors (Lipinski definition) is 2. The number of nitrogens with one attached hydrogen (secondary N) is 1. The Bertz CT molecular complexity index is 208. The Labute approximate surface area is 78.1 Å². The smallest absolute Gasteiger partial charge is 0.375 e. The van der Waals surface area contributed by atoms with Crippen molar-refractivity contribution < 1.29 is 27.5 Å². The largest absolute Gasteiger partial charge is 0.477 e. The third-order valence-electron chi connectivity index (χ3n) is 1.56. The third kappa shape index (κ3) is 4.40. The van der Waals surface area contributed by atoms with Crippen LogP contribution in [0.3, 0.4) is 0 Å². The molecule has 3 nitrogen and oxygen atoms in total. The van der Waals surface area contributed by atoms with E-state index in [2.05, 4.69) is 0 Å².